The number of anilines is 2. The number of carbonyl (C=O) groups excluding carboxylic acids is 2. The molecule has 7 heteroatoms. The van der Waals surface area contributed by atoms with Gasteiger partial charge in [0.25, 0.3) is 5.91 Å². The first kappa shape index (κ1) is 24.2. The lowest BCUT2D eigenvalue weighted by molar-refractivity contribution is -0.127. The molecule has 0 spiro atoms. The Morgan fingerprint density at radius 1 is 1.03 bits per heavy atom. The lowest BCUT2D eigenvalue weighted by Crippen LogP contribution is -2.27. The first-order valence-corrected chi connectivity index (χ1v) is 11.7. The molecule has 0 unspecified atom stereocenters. The molecule has 2 amide bonds. The highest BCUT2D eigenvalue weighted by Gasteiger charge is 2.17. The average Bonchev–Trinajstić information content (AvgIpc) is 3.13. The molecule has 0 bridgehead atoms. The Labute approximate surface area is 185 Å². The summed E-state index contributed by atoms with van der Waals surface area (Å²) in [5, 5.41) is 8.44. The molecule has 2 rings (SSSR count). The third-order valence-electron chi connectivity index (χ3n) is 5.18. The van der Waals surface area contributed by atoms with Crippen molar-refractivity contribution >= 4 is 41.0 Å². The number of carbonyl (C=O) groups is 2. The molecule has 0 radical (unpaired) electrons. The third kappa shape index (κ3) is 9.16. The molecule has 0 fully saturated rings. The van der Waals surface area contributed by atoms with Crippen LogP contribution >= 0.6 is 11.6 Å². The summed E-state index contributed by atoms with van der Waals surface area (Å²) in [5.74, 6) is -0.161. The fourth-order valence-electron chi connectivity index (χ4n) is 3.42. The lowest BCUT2D eigenvalue weighted by Gasteiger charge is -2.16. The van der Waals surface area contributed by atoms with Crippen molar-refractivity contribution in [1.82, 2.24) is 5.12 Å². The van der Waals surface area contributed by atoms with E-state index >= 15 is 0 Å². The molecule has 1 aliphatic rings. The molecule has 0 aliphatic carbocycles. The summed E-state index contributed by atoms with van der Waals surface area (Å²) in [7, 11) is 0. The highest BCUT2D eigenvalue weighted by atomic mass is 35.5. The van der Waals surface area contributed by atoms with E-state index in [-0.39, 0.29) is 18.2 Å². The number of rotatable bonds is 15. The van der Waals surface area contributed by atoms with Crippen LogP contribution in [-0.4, -0.2) is 23.1 Å². The fourth-order valence-corrected chi connectivity index (χ4v) is 3.58. The first-order valence-electron chi connectivity index (χ1n) is 11.3. The molecule has 2 N–H and O–H groups in total. The molecule has 0 aromatic heterocycles. The summed E-state index contributed by atoms with van der Waals surface area (Å²) in [4.78, 5) is 23.9. The summed E-state index contributed by atoms with van der Waals surface area (Å²) in [6.07, 6.45) is 16.2. The number of hydrazine groups is 1. The van der Waals surface area contributed by atoms with E-state index in [0.717, 1.165) is 18.0 Å². The molecular weight excluding hydrogens is 400 g/mol. The monoisotopic (exact) mass is 434 g/mol. The van der Waals surface area contributed by atoms with E-state index in [0.29, 0.717) is 22.8 Å². The summed E-state index contributed by atoms with van der Waals surface area (Å²) >= 11 is 6.18. The van der Waals surface area contributed by atoms with Gasteiger partial charge in [-0.15, -0.1) is 5.12 Å². The Bertz CT molecular complexity index is 708. The van der Waals surface area contributed by atoms with Crippen molar-refractivity contribution in [3.8, 4) is 0 Å². The second-order valence-electron chi connectivity index (χ2n) is 7.85. The van der Waals surface area contributed by atoms with E-state index < -0.39 is 0 Å². The fraction of sp³-hybridized carbons (Fsp3) is 0.609. The summed E-state index contributed by atoms with van der Waals surface area (Å²) < 4.78 is 0. The van der Waals surface area contributed by atoms with Crippen molar-refractivity contribution in [3.05, 3.63) is 23.2 Å². The van der Waals surface area contributed by atoms with Gasteiger partial charge in [-0.2, -0.15) is 5.10 Å². The zero-order chi connectivity index (χ0) is 21.6. The largest absolute Gasteiger partial charge is 0.326 e. The minimum atomic E-state index is -0.156. The molecule has 1 aliphatic heterocycles. The third-order valence-corrected chi connectivity index (χ3v) is 5.51. The molecule has 0 saturated heterocycles. The van der Waals surface area contributed by atoms with Crippen LogP contribution in [0.3, 0.4) is 0 Å². The van der Waals surface area contributed by atoms with Crippen LogP contribution in [0.25, 0.3) is 0 Å². The lowest BCUT2D eigenvalue weighted by atomic mass is 10.1. The Morgan fingerprint density at radius 3 is 2.27 bits per heavy atom. The quantitative estimate of drug-likeness (QED) is 0.308. The highest BCUT2D eigenvalue weighted by Crippen LogP contribution is 2.27. The van der Waals surface area contributed by atoms with Gasteiger partial charge in [-0.25, -0.2) is 0 Å². The molecule has 0 atom stereocenters. The molecule has 6 nitrogen and oxygen atoms in total. The Kier molecular flexibility index (Phi) is 11.3. The van der Waals surface area contributed by atoms with E-state index in [9.17, 15) is 9.59 Å². The summed E-state index contributed by atoms with van der Waals surface area (Å²) in [6, 6.07) is 5.15. The topological polar surface area (TPSA) is 73.8 Å². The second kappa shape index (κ2) is 14.0. The number of nitrogens with zero attached hydrogens (tertiary/aromatic N) is 2. The van der Waals surface area contributed by atoms with E-state index in [1.54, 1.807) is 18.2 Å². The van der Waals surface area contributed by atoms with Gasteiger partial charge < -0.3 is 5.32 Å². The standard InChI is InChI=1S/C23H35ClN4O2/c1-2-3-4-5-6-7-8-9-10-11-12-13-22(29)26-19-14-15-20(24)21(18-19)27-28-23(30)16-17-25-28/h14-15,17-18,27H,2-13,16H2,1H3,(H,26,29). The number of hydrazone groups is 1. The number of hydrogen-bond donors (Lipinski definition) is 2. The number of unbranched alkanes of at least 4 members (excludes halogenated alkanes) is 10. The molecular formula is C23H35ClN4O2. The van der Waals surface area contributed by atoms with E-state index in [1.165, 1.54) is 64.0 Å². The maximum atomic E-state index is 12.2. The van der Waals surface area contributed by atoms with Gasteiger partial charge in [0.15, 0.2) is 0 Å². The zero-order valence-corrected chi connectivity index (χ0v) is 18.8. The second-order valence-corrected chi connectivity index (χ2v) is 8.26. The Balaban J connectivity index is 1.59. The van der Waals surface area contributed by atoms with Crippen LogP contribution in [0.5, 0.6) is 0 Å². The normalized spacial score (nSPS) is 13.1. The first-order chi connectivity index (χ1) is 14.6. The van der Waals surface area contributed by atoms with Gasteiger partial charge in [-0.3, -0.25) is 15.0 Å². The van der Waals surface area contributed by atoms with Gasteiger partial charge in [0, 0.05) is 18.3 Å². The number of benzene rings is 1. The summed E-state index contributed by atoms with van der Waals surface area (Å²) in [5.41, 5.74) is 4.03. The maximum absolute atomic E-state index is 12.2. The van der Waals surface area contributed by atoms with Gasteiger partial charge in [0.05, 0.1) is 17.1 Å². The Morgan fingerprint density at radius 2 is 1.67 bits per heavy atom. The minimum Gasteiger partial charge on any atom is -0.326 e. The van der Waals surface area contributed by atoms with Crippen molar-refractivity contribution in [2.75, 3.05) is 10.7 Å². The van der Waals surface area contributed by atoms with E-state index in [2.05, 4.69) is 22.8 Å². The molecule has 166 valence electrons. The van der Waals surface area contributed by atoms with Crippen LogP contribution in [0.1, 0.15) is 90.4 Å². The molecule has 30 heavy (non-hydrogen) atoms. The van der Waals surface area contributed by atoms with E-state index in [4.69, 9.17) is 11.6 Å². The predicted octanol–water partition coefficient (Wildman–Crippen LogP) is 6.52. The number of nitrogens with one attached hydrogen (secondary N) is 2. The van der Waals surface area contributed by atoms with Gasteiger partial charge >= 0.3 is 0 Å². The highest BCUT2D eigenvalue weighted by molar-refractivity contribution is 6.33. The zero-order valence-electron chi connectivity index (χ0n) is 18.1. The van der Waals surface area contributed by atoms with Crippen molar-refractivity contribution < 1.29 is 9.59 Å². The van der Waals surface area contributed by atoms with Crippen LogP contribution in [-0.2, 0) is 9.59 Å². The van der Waals surface area contributed by atoms with Crippen LogP contribution in [0, 0.1) is 0 Å². The van der Waals surface area contributed by atoms with Crippen molar-refractivity contribution in [2.45, 2.75) is 90.4 Å². The minimum absolute atomic E-state index is 0.00512. The van der Waals surface area contributed by atoms with Crippen molar-refractivity contribution in [1.29, 1.82) is 0 Å². The predicted molar refractivity (Wildman–Crippen MR) is 125 cm³/mol. The number of hydrogen-bond acceptors (Lipinski definition) is 4. The number of halogens is 1. The Hall–Kier alpha value is -2.08. The van der Waals surface area contributed by atoms with Gasteiger partial charge in [0.1, 0.15) is 0 Å². The van der Waals surface area contributed by atoms with Gasteiger partial charge in [-0.05, 0) is 24.6 Å². The SMILES string of the molecule is CCCCCCCCCCCCCC(=O)Nc1ccc(Cl)c(NN2N=CCC2=O)c1. The smallest absolute Gasteiger partial charge is 0.267 e. The molecule has 1 aromatic rings. The van der Waals surface area contributed by atoms with Crippen molar-refractivity contribution in [3.63, 3.8) is 0 Å². The van der Waals surface area contributed by atoms with Crippen LogP contribution < -0.4 is 10.7 Å². The maximum Gasteiger partial charge on any atom is 0.267 e. The molecule has 1 aromatic carbocycles. The molecule has 1 heterocycles. The average molecular weight is 435 g/mol. The van der Waals surface area contributed by atoms with Gasteiger partial charge in [0.2, 0.25) is 5.91 Å². The van der Waals surface area contributed by atoms with Crippen molar-refractivity contribution in [2.24, 2.45) is 5.10 Å². The van der Waals surface area contributed by atoms with Crippen LogP contribution in [0.2, 0.25) is 5.02 Å². The van der Waals surface area contributed by atoms with Gasteiger partial charge in [-0.1, -0.05) is 82.7 Å². The van der Waals surface area contributed by atoms with E-state index in [1.807, 2.05) is 0 Å². The summed E-state index contributed by atoms with van der Waals surface area (Å²) in [6.45, 7) is 2.25. The van der Waals surface area contributed by atoms with Crippen LogP contribution in [0.4, 0.5) is 11.4 Å². The van der Waals surface area contributed by atoms with Crippen LogP contribution in [0.15, 0.2) is 23.3 Å². The molecule has 0 saturated carbocycles. The number of amides is 2.